The SMILES string of the molecule is CCC(N)C(OCCC(C)C)c1cccc(Br)c1. The number of hydrogen-bond acceptors (Lipinski definition) is 2. The van der Waals surface area contributed by atoms with Crippen LogP contribution in [0.3, 0.4) is 0 Å². The topological polar surface area (TPSA) is 35.2 Å². The summed E-state index contributed by atoms with van der Waals surface area (Å²) in [6.07, 6.45) is 1.98. The summed E-state index contributed by atoms with van der Waals surface area (Å²) in [6, 6.07) is 8.27. The molecule has 2 atom stereocenters. The zero-order valence-electron chi connectivity index (χ0n) is 11.5. The molecule has 0 amide bonds. The summed E-state index contributed by atoms with van der Waals surface area (Å²) in [5.74, 6) is 0.658. The van der Waals surface area contributed by atoms with Gasteiger partial charge in [-0.1, -0.05) is 48.8 Å². The molecule has 0 aliphatic rings. The van der Waals surface area contributed by atoms with E-state index in [1.807, 2.05) is 12.1 Å². The van der Waals surface area contributed by atoms with E-state index in [2.05, 4.69) is 48.8 Å². The Kier molecular flexibility index (Phi) is 6.90. The van der Waals surface area contributed by atoms with Crippen molar-refractivity contribution in [3.8, 4) is 0 Å². The lowest BCUT2D eigenvalue weighted by Crippen LogP contribution is -2.30. The first kappa shape index (κ1) is 15.7. The standard InChI is InChI=1S/C15H24BrNO/c1-4-14(17)15(18-9-8-11(2)3)12-6-5-7-13(16)10-12/h5-7,10-11,14-15H,4,8-9,17H2,1-3H3. The Morgan fingerprint density at radius 2 is 2.06 bits per heavy atom. The van der Waals surface area contributed by atoms with Crippen LogP contribution in [0.4, 0.5) is 0 Å². The molecule has 0 bridgehead atoms. The Hall–Kier alpha value is -0.380. The second kappa shape index (κ2) is 7.93. The smallest absolute Gasteiger partial charge is 0.0975 e. The van der Waals surface area contributed by atoms with Crippen molar-refractivity contribution < 1.29 is 4.74 Å². The van der Waals surface area contributed by atoms with Gasteiger partial charge >= 0.3 is 0 Å². The van der Waals surface area contributed by atoms with E-state index in [-0.39, 0.29) is 12.1 Å². The van der Waals surface area contributed by atoms with Crippen LogP contribution in [0, 0.1) is 5.92 Å². The molecule has 0 fully saturated rings. The number of halogens is 1. The molecule has 2 unspecified atom stereocenters. The molecule has 0 aliphatic heterocycles. The summed E-state index contributed by atoms with van der Waals surface area (Å²) in [5.41, 5.74) is 7.33. The molecule has 18 heavy (non-hydrogen) atoms. The van der Waals surface area contributed by atoms with Crippen LogP contribution in [-0.4, -0.2) is 12.6 Å². The van der Waals surface area contributed by atoms with Crippen molar-refractivity contribution in [2.75, 3.05) is 6.61 Å². The van der Waals surface area contributed by atoms with E-state index in [9.17, 15) is 0 Å². The van der Waals surface area contributed by atoms with E-state index >= 15 is 0 Å². The first-order valence-corrected chi connectivity index (χ1v) is 7.46. The zero-order valence-corrected chi connectivity index (χ0v) is 13.1. The third-order valence-corrected chi connectivity index (χ3v) is 3.52. The van der Waals surface area contributed by atoms with Gasteiger partial charge in [0.1, 0.15) is 0 Å². The molecule has 0 spiro atoms. The van der Waals surface area contributed by atoms with Crippen molar-refractivity contribution in [2.45, 2.75) is 45.8 Å². The van der Waals surface area contributed by atoms with E-state index in [0.29, 0.717) is 5.92 Å². The number of ether oxygens (including phenoxy) is 1. The monoisotopic (exact) mass is 313 g/mol. The third-order valence-electron chi connectivity index (χ3n) is 3.03. The highest BCUT2D eigenvalue weighted by atomic mass is 79.9. The van der Waals surface area contributed by atoms with Gasteiger partial charge in [-0.3, -0.25) is 0 Å². The normalized spacial score (nSPS) is 14.8. The van der Waals surface area contributed by atoms with Crippen LogP contribution in [0.25, 0.3) is 0 Å². The van der Waals surface area contributed by atoms with Crippen molar-refractivity contribution in [1.82, 2.24) is 0 Å². The van der Waals surface area contributed by atoms with Gasteiger partial charge < -0.3 is 10.5 Å². The number of benzene rings is 1. The number of rotatable bonds is 7. The Morgan fingerprint density at radius 1 is 1.33 bits per heavy atom. The molecule has 0 heterocycles. The lowest BCUT2D eigenvalue weighted by Gasteiger charge is -2.24. The molecule has 1 aromatic rings. The summed E-state index contributed by atoms with van der Waals surface area (Å²) >= 11 is 3.50. The first-order chi connectivity index (χ1) is 8.54. The number of hydrogen-bond donors (Lipinski definition) is 1. The molecule has 0 aliphatic carbocycles. The van der Waals surface area contributed by atoms with Crippen molar-refractivity contribution in [2.24, 2.45) is 11.7 Å². The Morgan fingerprint density at radius 3 is 2.61 bits per heavy atom. The fraction of sp³-hybridized carbons (Fsp3) is 0.600. The lowest BCUT2D eigenvalue weighted by molar-refractivity contribution is 0.0275. The summed E-state index contributed by atoms with van der Waals surface area (Å²) in [6.45, 7) is 7.28. The van der Waals surface area contributed by atoms with Crippen LogP contribution >= 0.6 is 15.9 Å². The van der Waals surface area contributed by atoms with Crippen LogP contribution in [0.2, 0.25) is 0 Å². The zero-order chi connectivity index (χ0) is 13.5. The van der Waals surface area contributed by atoms with Crippen LogP contribution in [0.15, 0.2) is 28.7 Å². The molecular weight excluding hydrogens is 290 g/mol. The predicted molar refractivity (Wildman–Crippen MR) is 80.6 cm³/mol. The van der Waals surface area contributed by atoms with Gasteiger partial charge in [-0.05, 0) is 36.5 Å². The third kappa shape index (κ3) is 5.09. The van der Waals surface area contributed by atoms with Gasteiger partial charge in [-0.25, -0.2) is 0 Å². The van der Waals surface area contributed by atoms with Crippen LogP contribution in [0.1, 0.15) is 45.3 Å². The Balaban J connectivity index is 2.72. The second-order valence-corrected chi connectivity index (χ2v) is 6.02. The van der Waals surface area contributed by atoms with E-state index < -0.39 is 0 Å². The van der Waals surface area contributed by atoms with E-state index in [4.69, 9.17) is 10.5 Å². The van der Waals surface area contributed by atoms with Gasteiger partial charge in [0.15, 0.2) is 0 Å². The van der Waals surface area contributed by atoms with Gasteiger partial charge in [-0.15, -0.1) is 0 Å². The average molecular weight is 314 g/mol. The molecule has 0 radical (unpaired) electrons. The van der Waals surface area contributed by atoms with E-state index in [1.54, 1.807) is 0 Å². The second-order valence-electron chi connectivity index (χ2n) is 5.10. The molecule has 102 valence electrons. The van der Waals surface area contributed by atoms with Crippen molar-refractivity contribution in [3.05, 3.63) is 34.3 Å². The van der Waals surface area contributed by atoms with Gasteiger partial charge in [0.25, 0.3) is 0 Å². The van der Waals surface area contributed by atoms with Crippen molar-refractivity contribution in [1.29, 1.82) is 0 Å². The first-order valence-electron chi connectivity index (χ1n) is 6.67. The van der Waals surface area contributed by atoms with Gasteiger partial charge in [0.2, 0.25) is 0 Å². The summed E-state index contributed by atoms with van der Waals surface area (Å²) in [7, 11) is 0. The van der Waals surface area contributed by atoms with Crippen LogP contribution < -0.4 is 5.73 Å². The molecule has 3 heteroatoms. The highest BCUT2D eigenvalue weighted by Gasteiger charge is 2.19. The maximum absolute atomic E-state index is 6.18. The summed E-state index contributed by atoms with van der Waals surface area (Å²) < 4.78 is 7.07. The average Bonchev–Trinajstić information content (AvgIpc) is 2.33. The molecule has 0 saturated heterocycles. The Bertz CT molecular complexity index is 354. The van der Waals surface area contributed by atoms with E-state index in [1.165, 1.54) is 0 Å². The maximum atomic E-state index is 6.18. The minimum absolute atomic E-state index is 0.00810. The van der Waals surface area contributed by atoms with Gasteiger partial charge in [0, 0.05) is 17.1 Å². The fourth-order valence-electron chi connectivity index (χ4n) is 1.80. The van der Waals surface area contributed by atoms with E-state index in [0.717, 1.165) is 29.5 Å². The molecule has 2 N–H and O–H groups in total. The predicted octanol–water partition coefficient (Wildman–Crippen LogP) is 4.29. The maximum Gasteiger partial charge on any atom is 0.0975 e. The van der Waals surface area contributed by atoms with Crippen LogP contribution in [0.5, 0.6) is 0 Å². The molecule has 2 nitrogen and oxygen atoms in total. The van der Waals surface area contributed by atoms with Gasteiger partial charge in [0.05, 0.1) is 6.10 Å². The van der Waals surface area contributed by atoms with Crippen molar-refractivity contribution in [3.63, 3.8) is 0 Å². The lowest BCUT2D eigenvalue weighted by atomic mass is 10.0. The fourth-order valence-corrected chi connectivity index (χ4v) is 2.21. The minimum atomic E-state index is -0.00810. The number of nitrogens with two attached hydrogens (primary N) is 1. The molecule has 1 rings (SSSR count). The molecular formula is C15H24BrNO. The highest BCUT2D eigenvalue weighted by molar-refractivity contribution is 9.10. The van der Waals surface area contributed by atoms with Crippen LogP contribution in [-0.2, 0) is 4.74 Å². The molecule has 0 aromatic heterocycles. The molecule has 1 aromatic carbocycles. The quantitative estimate of drug-likeness (QED) is 0.815. The van der Waals surface area contributed by atoms with Gasteiger partial charge in [-0.2, -0.15) is 0 Å². The Labute approximate surface area is 119 Å². The minimum Gasteiger partial charge on any atom is -0.372 e. The summed E-state index contributed by atoms with van der Waals surface area (Å²) in [4.78, 5) is 0. The van der Waals surface area contributed by atoms with Crippen molar-refractivity contribution >= 4 is 15.9 Å². The summed E-state index contributed by atoms with van der Waals surface area (Å²) in [5, 5.41) is 0. The largest absolute Gasteiger partial charge is 0.372 e. The highest BCUT2D eigenvalue weighted by Crippen LogP contribution is 2.25. The molecule has 0 saturated carbocycles.